The lowest BCUT2D eigenvalue weighted by atomic mass is 10.0. The predicted molar refractivity (Wildman–Crippen MR) is 120 cm³/mol. The number of aromatic carboxylic acids is 1. The van der Waals surface area contributed by atoms with E-state index in [-0.39, 0.29) is 0 Å². The first kappa shape index (κ1) is 24.0. The number of rotatable bonds is 17. The van der Waals surface area contributed by atoms with E-state index in [0.717, 1.165) is 23.1 Å². The SMILES string of the molecule is CCCCCCCCCCCCCCCCNc1ccc(C(=O)O)cc1Br. The van der Waals surface area contributed by atoms with Gasteiger partial charge in [-0.15, -0.1) is 0 Å². The summed E-state index contributed by atoms with van der Waals surface area (Å²) in [6, 6.07) is 5.12. The Bertz CT molecular complexity index is 519. The van der Waals surface area contributed by atoms with Crippen LogP contribution in [0.5, 0.6) is 0 Å². The second-order valence-electron chi connectivity index (χ2n) is 7.52. The number of benzene rings is 1. The lowest BCUT2D eigenvalue weighted by Gasteiger charge is -2.09. The maximum absolute atomic E-state index is 10.9. The smallest absolute Gasteiger partial charge is 0.335 e. The van der Waals surface area contributed by atoms with Gasteiger partial charge in [0.05, 0.1) is 5.56 Å². The molecule has 0 spiro atoms. The molecular weight excluding hydrogens is 402 g/mol. The molecule has 0 bridgehead atoms. The van der Waals surface area contributed by atoms with E-state index in [1.807, 2.05) is 6.07 Å². The van der Waals surface area contributed by atoms with E-state index in [1.165, 1.54) is 83.5 Å². The molecule has 0 atom stereocenters. The van der Waals surface area contributed by atoms with E-state index in [9.17, 15) is 4.79 Å². The standard InChI is InChI=1S/C23H38BrNO2/c1-2-3-4-5-6-7-8-9-10-11-12-13-14-15-18-25-22-17-16-20(23(26)27)19-21(22)24/h16-17,19,25H,2-15,18H2,1H3,(H,26,27). The van der Waals surface area contributed by atoms with Crippen molar-refractivity contribution in [3.63, 3.8) is 0 Å². The van der Waals surface area contributed by atoms with Gasteiger partial charge in [-0.2, -0.15) is 0 Å². The summed E-state index contributed by atoms with van der Waals surface area (Å²) < 4.78 is 0.813. The number of carbonyl (C=O) groups is 1. The van der Waals surface area contributed by atoms with Crippen molar-refractivity contribution in [2.45, 2.75) is 96.8 Å². The minimum Gasteiger partial charge on any atom is -0.478 e. The zero-order valence-corrected chi connectivity index (χ0v) is 18.7. The van der Waals surface area contributed by atoms with Gasteiger partial charge in [0.2, 0.25) is 0 Å². The van der Waals surface area contributed by atoms with Gasteiger partial charge >= 0.3 is 5.97 Å². The molecule has 1 aromatic carbocycles. The Labute approximate surface area is 174 Å². The molecule has 0 aliphatic carbocycles. The Morgan fingerprint density at radius 3 is 1.78 bits per heavy atom. The third-order valence-corrected chi connectivity index (χ3v) is 5.72. The van der Waals surface area contributed by atoms with Crippen LogP contribution < -0.4 is 5.32 Å². The number of halogens is 1. The molecule has 0 aliphatic rings. The van der Waals surface area contributed by atoms with Crippen molar-refractivity contribution >= 4 is 27.6 Å². The van der Waals surface area contributed by atoms with Crippen LogP contribution in [0, 0.1) is 0 Å². The van der Waals surface area contributed by atoms with Crippen molar-refractivity contribution in [2.75, 3.05) is 11.9 Å². The summed E-state index contributed by atoms with van der Waals surface area (Å²) in [6.45, 7) is 3.21. The maximum atomic E-state index is 10.9. The first-order valence-corrected chi connectivity index (χ1v) is 11.7. The number of carboxylic acids is 1. The average Bonchev–Trinajstić information content (AvgIpc) is 2.65. The monoisotopic (exact) mass is 439 g/mol. The second-order valence-corrected chi connectivity index (χ2v) is 8.38. The molecule has 3 nitrogen and oxygen atoms in total. The van der Waals surface area contributed by atoms with Crippen LogP contribution in [-0.4, -0.2) is 17.6 Å². The van der Waals surface area contributed by atoms with Crippen LogP contribution in [0.2, 0.25) is 0 Å². The first-order valence-electron chi connectivity index (χ1n) is 10.9. The van der Waals surface area contributed by atoms with Crippen molar-refractivity contribution in [3.05, 3.63) is 28.2 Å². The zero-order chi connectivity index (χ0) is 19.7. The van der Waals surface area contributed by atoms with Gasteiger partial charge in [0.1, 0.15) is 0 Å². The summed E-state index contributed by atoms with van der Waals surface area (Å²) in [5.74, 6) is -0.894. The largest absolute Gasteiger partial charge is 0.478 e. The molecule has 0 aromatic heterocycles. The van der Waals surface area contributed by atoms with Crippen molar-refractivity contribution in [2.24, 2.45) is 0 Å². The quantitative estimate of drug-likeness (QED) is 0.241. The van der Waals surface area contributed by atoms with Crippen LogP contribution in [0.15, 0.2) is 22.7 Å². The van der Waals surface area contributed by atoms with Crippen molar-refractivity contribution < 1.29 is 9.90 Å². The number of carboxylic acid groups (broad SMARTS) is 1. The highest BCUT2D eigenvalue weighted by atomic mass is 79.9. The van der Waals surface area contributed by atoms with Crippen LogP contribution >= 0.6 is 15.9 Å². The van der Waals surface area contributed by atoms with Gasteiger partial charge in [-0.3, -0.25) is 0 Å². The van der Waals surface area contributed by atoms with Crippen molar-refractivity contribution in [1.29, 1.82) is 0 Å². The molecule has 0 radical (unpaired) electrons. The van der Waals surface area contributed by atoms with Gasteiger partial charge < -0.3 is 10.4 Å². The van der Waals surface area contributed by atoms with Crippen molar-refractivity contribution in [1.82, 2.24) is 0 Å². The molecule has 154 valence electrons. The highest BCUT2D eigenvalue weighted by molar-refractivity contribution is 9.10. The lowest BCUT2D eigenvalue weighted by molar-refractivity contribution is 0.0697. The van der Waals surface area contributed by atoms with Gasteiger partial charge in [-0.05, 0) is 40.5 Å². The number of hydrogen-bond acceptors (Lipinski definition) is 2. The minimum atomic E-state index is -0.894. The minimum absolute atomic E-state index is 0.309. The lowest BCUT2D eigenvalue weighted by Crippen LogP contribution is -2.03. The fourth-order valence-electron chi connectivity index (χ4n) is 3.33. The third kappa shape index (κ3) is 12.1. The predicted octanol–water partition coefficient (Wildman–Crippen LogP) is 8.04. The fraction of sp³-hybridized carbons (Fsp3) is 0.696. The van der Waals surface area contributed by atoms with Crippen LogP contribution in [0.4, 0.5) is 5.69 Å². The zero-order valence-electron chi connectivity index (χ0n) is 17.1. The molecule has 0 amide bonds. The molecule has 2 N–H and O–H groups in total. The van der Waals surface area contributed by atoms with Crippen molar-refractivity contribution in [3.8, 4) is 0 Å². The Morgan fingerprint density at radius 1 is 0.852 bits per heavy atom. The van der Waals surface area contributed by atoms with Crippen LogP contribution in [-0.2, 0) is 0 Å². The molecule has 0 aliphatic heterocycles. The van der Waals surface area contributed by atoms with E-state index in [2.05, 4.69) is 28.2 Å². The van der Waals surface area contributed by atoms with Gasteiger partial charge in [-0.25, -0.2) is 4.79 Å². The summed E-state index contributed by atoms with van der Waals surface area (Å²) in [6.07, 6.45) is 19.2. The Kier molecular flexibility index (Phi) is 14.2. The van der Waals surface area contributed by atoms with Crippen LogP contribution in [0.25, 0.3) is 0 Å². The molecule has 0 unspecified atom stereocenters. The third-order valence-electron chi connectivity index (χ3n) is 5.06. The molecule has 0 heterocycles. The summed E-state index contributed by atoms with van der Waals surface area (Å²) in [4.78, 5) is 10.9. The molecule has 27 heavy (non-hydrogen) atoms. The van der Waals surface area contributed by atoms with E-state index < -0.39 is 5.97 Å². The number of hydrogen-bond donors (Lipinski definition) is 2. The summed E-state index contributed by atoms with van der Waals surface area (Å²) in [5, 5.41) is 12.4. The Balaban J connectivity index is 1.90. The number of nitrogens with one attached hydrogen (secondary N) is 1. The van der Waals surface area contributed by atoms with E-state index >= 15 is 0 Å². The number of unbranched alkanes of at least 4 members (excludes halogenated alkanes) is 13. The topological polar surface area (TPSA) is 49.3 Å². The average molecular weight is 440 g/mol. The van der Waals surface area contributed by atoms with E-state index in [1.54, 1.807) is 12.1 Å². The second kappa shape index (κ2) is 16.0. The molecule has 1 rings (SSSR count). The Morgan fingerprint density at radius 2 is 1.33 bits per heavy atom. The molecular formula is C23H38BrNO2. The van der Waals surface area contributed by atoms with Gasteiger partial charge in [-0.1, -0.05) is 90.4 Å². The first-order chi connectivity index (χ1) is 13.1. The van der Waals surface area contributed by atoms with Gasteiger partial charge in [0.25, 0.3) is 0 Å². The molecule has 1 aromatic rings. The van der Waals surface area contributed by atoms with Crippen LogP contribution in [0.1, 0.15) is 107 Å². The Hall–Kier alpha value is -1.03. The fourth-order valence-corrected chi connectivity index (χ4v) is 3.85. The van der Waals surface area contributed by atoms with Gasteiger partial charge in [0, 0.05) is 16.7 Å². The van der Waals surface area contributed by atoms with Crippen LogP contribution in [0.3, 0.4) is 0 Å². The summed E-state index contributed by atoms with van der Waals surface area (Å²) in [5.41, 5.74) is 1.28. The highest BCUT2D eigenvalue weighted by Crippen LogP contribution is 2.24. The number of anilines is 1. The maximum Gasteiger partial charge on any atom is 0.335 e. The van der Waals surface area contributed by atoms with E-state index in [4.69, 9.17) is 5.11 Å². The van der Waals surface area contributed by atoms with Gasteiger partial charge in [0.15, 0.2) is 0 Å². The molecule has 4 heteroatoms. The summed E-state index contributed by atoms with van der Waals surface area (Å²) >= 11 is 3.43. The molecule has 0 fully saturated rings. The molecule has 0 saturated heterocycles. The summed E-state index contributed by atoms with van der Waals surface area (Å²) in [7, 11) is 0. The molecule has 0 saturated carbocycles. The normalized spacial score (nSPS) is 10.9. The van der Waals surface area contributed by atoms with E-state index in [0.29, 0.717) is 5.56 Å². The highest BCUT2D eigenvalue weighted by Gasteiger charge is 2.06.